The molecule has 0 aliphatic carbocycles. The number of halogens is 2. The first-order valence-electron chi connectivity index (χ1n) is 8.05. The summed E-state index contributed by atoms with van der Waals surface area (Å²) in [5.41, 5.74) is 1.91. The zero-order chi connectivity index (χ0) is 21.1. The van der Waals surface area contributed by atoms with Crippen LogP contribution < -0.4 is 14.8 Å². The molecule has 0 spiro atoms. The normalized spacial score (nSPS) is 14.8. The molecule has 6 nitrogen and oxygen atoms in total. The molecule has 2 N–H and O–H groups in total. The largest absolute Gasteiger partial charge is 0.493 e. The molecule has 1 heterocycles. The molecule has 1 saturated heterocycles. The van der Waals surface area contributed by atoms with Crippen molar-refractivity contribution < 1.29 is 24.2 Å². The minimum absolute atomic E-state index is 0.192. The van der Waals surface area contributed by atoms with Crippen LogP contribution in [-0.4, -0.2) is 35.0 Å². The lowest BCUT2D eigenvalue weighted by Crippen LogP contribution is -2.17. The van der Waals surface area contributed by atoms with Gasteiger partial charge in [0.1, 0.15) is 4.32 Å². The number of carboxylic acid groups (broad SMARTS) is 1. The maximum atomic E-state index is 12.1. The van der Waals surface area contributed by atoms with Gasteiger partial charge in [-0.3, -0.25) is 4.79 Å². The topological polar surface area (TPSA) is 84.9 Å². The van der Waals surface area contributed by atoms with E-state index in [2.05, 4.69) is 5.32 Å². The van der Waals surface area contributed by atoms with Gasteiger partial charge in [-0.1, -0.05) is 53.2 Å². The first kappa shape index (κ1) is 21.4. The number of carbonyl (C=O) groups is 2. The first-order chi connectivity index (χ1) is 13.8. The van der Waals surface area contributed by atoms with Gasteiger partial charge in [0.15, 0.2) is 18.1 Å². The minimum atomic E-state index is -1.15. The van der Waals surface area contributed by atoms with Crippen LogP contribution in [0.4, 0.5) is 0 Å². The van der Waals surface area contributed by atoms with Crippen LogP contribution in [0, 0.1) is 0 Å². The Morgan fingerprint density at radius 2 is 2.00 bits per heavy atom. The third kappa shape index (κ3) is 5.02. The van der Waals surface area contributed by atoms with Crippen molar-refractivity contribution in [2.75, 3.05) is 13.7 Å². The number of rotatable bonds is 6. The van der Waals surface area contributed by atoms with Gasteiger partial charge in [0, 0.05) is 5.56 Å². The van der Waals surface area contributed by atoms with E-state index in [1.807, 2.05) is 0 Å². The number of methoxy groups -OCH3 is 1. The maximum Gasteiger partial charge on any atom is 0.341 e. The Labute approximate surface area is 185 Å². The van der Waals surface area contributed by atoms with Crippen molar-refractivity contribution in [1.82, 2.24) is 5.32 Å². The number of ether oxygens (including phenoxy) is 2. The number of carbonyl (C=O) groups excluding carboxylic acids is 1. The van der Waals surface area contributed by atoms with E-state index in [1.54, 1.807) is 36.4 Å². The molecule has 1 aliphatic rings. The van der Waals surface area contributed by atoms with Crippen molar-refractivity contribution in [3.8, 4) is 22.6 Å². The van der Waals surface area contributed by atoms with Crippen LogP contribution in [0.5, 0.6) is 11.5 Å². The number of hydrogen-bond donors (Lipinski definition) is 2. The number of benzene rings is 2. The van der Waals surface area contributed by atoms with E-state index >= 15 is 0 Å². The van der Waals surface area contributed by atoms with Crippen molar-refractivity contribution in [1.29, 1.82) is 0 Å². The molecule has 0 unspecified atom stereocenters. The highest BCUT2D eigenvalue weighted by Crippen LogP contribution is 2.40. The average Bonchev–Trinajstić information content (AvgIpc) is 2.99. The van der Waals surface area contributed by atoms with Gasteiger partial charge in [-0.05, 0) is 41.5 Å². The van der Waals surface area contributed by atoms with Crippen LogP contribution in [0.3, 0.4) is 0 Å². The highest BCUT2D eigenvalue weighted by molar-refractivity contribution is 8.26. The lowest BCUT2D eigenvalue weighted by atomic mass is 10.0. The van der Waals surface area contributed by atoms with Gasteiger partial charge < -0.3 is 19.9 Å². The van der Waals surface area contributed by atoms with E-state index in [4.69, 9.17) is 50.0 Å². The summed E-state index contributed by atoms with van der Waals surface area (Å²) in [6.07, 6.45) is 1.57. The highest BCUT2D eigenvalue weighted by Gasteiger charge is 2.24. The van der Waals surface area contributed by atoms with E-state index in [0.29, 0.717) is 36.1 Å². The van der Waals surface area contributed by atoms with Gasteiger partial charge in [-0.2, -0.15) is 0 Å². The quantitative estimate of drug-likeness (QED) is 0.471. The summed E-state index contributed by atoms with van der Waals surface area (Å²) in [4.78, 5) is 23.4. The number of thioether (sulfide) groups is 1. The summed E-state index contributed by atoms with van der Waals surface area (Å²) in [5.74, 6) is -0.999. The molecule has 2 aromatic rings. The molecular weight excluding hydrogens is 457 g/mol. The van der Waals surface area contributed by atoms with Crippen LogP contribution in [0.2, 0.25) is 10.0 Å². The molecule has 0 saturated carbocycles. The van der Waals surface area contributed by atoms with E-state index in [-0.39, 0.29) is 11.7 Å². The lowest BCUT2D eigenvalue weighted by molar-refractivity contribution is -0.139. The van der Waals surface area contributed by atoms with Gasteiger partial charge >= 0.3 is 5.97 Å². The zero-order valence-corrected chi connectivity index (χ0v) is 18.0. The van der Waals surface area contributed by atoms with Crippen LogP contribution in [0.1, 0.15) is 5.56 Å². The smallest absolute Gasteiger partial charge is 0.341 e. The molecule has 0 bridgehead atoms. The van der Waals surface area contributed by atoms with Crippen LogP contribution in [0.25, 0.3) is 17.2 Å². The molecule has 0 atom stereocenters. The fraction of sp³-hybridized carbons (Fsp3) is 0.105. The van der Waals surface area contributed by atoms with Gasteiger partial charge in [0.05, 0.1) is 22.1 Å². The van der Waals surface area contributed by atoms with Crippen LogP contribution in [0.15, 0.2) is 35.2 Å². The Hall–Kier alpha value is -2.26. The minimum Gasteiger partial charge on any atom is -0.493 e. The van der Waals surface area contributed by atoms with Crippen molar-refractivity contribution in [2.24, 2.45) is 0 Å². The molecule has 3 rings (SSSR count). The lowest BCUT2D eigenvalue weighted by Gasteiger charge is -2.15. The number of nitrogens with one attached hydrogen (secondary N) is 1. The SMILES string of the molecule is COc1cc(-c2ccc(Cl)c(Cl)c2)cc(C=C2SC(=S)NC2=O)c1OCC(=O)O. The van der Waals surface area contributed by atoms with Gasteiger partial charge in [0.25, 0.3) is 5.91 Å². The molecule has 1 aliphatic heterocycles. The van der Waals surface area contributed by atoms with Crippen molar-refractivity contribution in [3.05, 3.63) is 50.8 Å². The second-order valence-corrected chi connectivity index (χ2v) is 8.29. The van der Waals surface area contributed by atoms with Gasteiger partial charge in [0.2, 0.25) is 0 Å². The van der Waals surface area contributed by atoms with E-state index in [9.17, 15) is 9.59 Å². The second-order valence-electron chi connectivity index (χ2n) is 5.76. The zero-order valence-electron chi connectivity index (χ0n) is 14.8. The van der Waals surface area contributed by atoms with Gasteiger partial charge in [-0.15, -0.1) is 0 Å². The third-order valence-electron chi connectivity index (χ3n) is 3.83. The van der Waals surface area contributed by atoms with E-state index in [1.165, 1.54) is 7.11 Å². The van der Waals surface area contributed by atoms with Gasteiger partial charge in [-0.25, -0.2) is 4.79 Å². The predicted octanol–water partition coefficient (Wildman–Crippen LogP) is 4.62. The summed E-state index contributed by atoms with van der Waals surface area (Å²) in [5, 5.41) is 12.3. The summed E-state index contributed by atoms with van der Waals surface area (Å²) in [6.45, 7) is -0.573. The number of thiocarbonyl (C=S) groups is 1. The summed E-state index contributed by atoms with van der Waals surface area (Å²) in [7, 11) is 1.44. The summed E-state index contributed by atoms with van der Waals surface area (Å²) < 4.78 is 11.2. The highest BCUT2D eigenvalue weighted by atomic mass is 35.5. The molecule has 150 valence electrons. The maximum absolute atomic E-state index is 12.1. The standard InChI is InChI=1S/C19H13Cl2NO5S2/c1-26-14-6-10(9-2-3-12(20)13(21)5-9)4-11(17(14)27-8-16(23)24)7-15-18(25)22-19(28)29-15/h2-7H,8H2,1H3,(H,23,24)(H,22,25,28). The average molecular weight is 470 g/mol. The Kier molecular flexibility index (Phi) is 6.69. The molecule has 1 fully saturated rings. The Balaban J connectivity index is 2.16. The Morgan fingerprint density at radius 1 is 1.24 bits per heavy atom. The molecule has 10 heteroatoms. The van der Waals surface area contributed by atoms with Crippen molar-refractivity contribution in [3.63, 3.8) is 0 Å². The molecule has 0 radical (unpaired) electrons. The van der Waals surface area contributed by atoms with Crippen LogP contribution >= 0.6 is 47.2 Å². The predicted molar refractivity (Wildman–Crippen MR) is 118 cm³/mol. The van der Waals surface area contributed by atoms with E-state index < -0.39 is 12.6 Å². The first-order valence-corrected chi connectivity index (χ1v) is 10.0. The fourth-order valence-corrected chi connectivity index (χ4v) is 3.91. The summed E-state index contributed by atoms with van der Waals surface area (Å²) >= 11 is 18.2. The number of aliphatic carboxylic acids is 1. The Bertz CT molecular complexity index is 1060. The molecule has 29 heavy (non-hydrogen) atoms. The van der Waals surface area contributed by atoms with Crippen LogP contribution in [-0.2, 0) is 9.59 Å². The fourth-order valence-electron chi connectivity index (χ4n) is 2.58. The molecule has 2 aromatic carbocycles. The van der Waals surface area contributed by atoms with E-state index in [0.717, 1.165) is 17.3 Å². The number of amides is 1. The molecular formula is C19H13Cl2NO5S2. The Morgan fingerprint density at radius 3 is 2.59 bits per heavy atom. The van der Waals surface area contributed by atoms with Crippen molar-refractivity contribution in [2.45, 2.75) is 0 Å². The summed E-state index contributed by atoms with van der Waals surface area (Å²) in [6, 6.07) is 8.56. The third-order valence-corrected chi connectivity index (χ3v) is 5.73. The number of hydrogen-bond acceptors (Lipinski definition) is 6. The molecule has 1 amide bonds. The van der Waals surface area contributed by atoms with Crippen molar-refractivity contribution >= 4 is 69.5 Å². The molecule has 0 aromatic heterocycles. The second kappa shape index (κ2) is 9.04. The monoisotopic (exact) mass is 469 g/mol. The number of carboxylic acids is 1.